The zero-order valence-corrected chi connectivity index (χ0v) is 10.5. The Bertz CT molecular complexity index is 510. The number of nitrogens with one attached hydrogen (secondary N) is 2. The van der Waals surface area contributed by atoms with E-state index in [0.717, 1.165) is 16.9 Å². The summed E-state index contributed by atoms with van der Waals surface area (Å²) in [5.74, 6) is 0.678. The quantitative estimate of drug-likeness (QED) is 0.878. The van der Waals surface area contributed by atoms with Crippen molar-refractivity contribution < 1.29 is 4.74 Å². The van der Waals surface area contributed by atoms with Gasteiger partial charge in [-0.15, -0.1) is 0 Å². The number of benzene rings is 1. The first-order chi connectivity index (χ1) is 8.20. The van der Waals surface area contributed by atoms with Gasteiger partial charge in [-0.2, -0.15) is 5.10 Å². The van der Waals surface area contributed by atoms with E-state index < -0.39 is 0 Å². The Hall–Kier alpha value is -1.68. The smallest absolute Gasteiger partial charge is 0.137 e. The van der Waals surface area contributed by atoms with Crippen LogP contribution in [0.25, 0.3) is 0 Å². The predicted molar refractivity (Wildman–Crippen MR) is 68.7 cm³/mol. The molecule has 0 fully saturated rings. The summed E-state index contributed by atoms with van der Waals surface area (Å²) in [4.78, 5) is 0. The highest BCUT2D eigenvalue weighted by Crippen LogP contribution is 2.27. The molecule has 4 nitrogen and oxygen atoms in total. The Morgan fingerprint density at radius 3 is 2.88 bits per heavy atom. The molecular formula is C12H14ClN3O. The topological polar surface area (TPSA) is 49.9 Å². The molecule has 0 saturated heterocycles. The van der Waals surface area contributed by atoms with E-state index in [0.29, 0.717) is 17.3 Å². The molecule has 5 heteroatoms. The fourth-order valence-corrected chi connectivity index (χ4v) is 1.79. The molecule has 0 aliphatic rings. The lowest BCUT2D eigenvalue weighted by Gasteiger charge is -2.08. The second-order valence-corrected chi connectivity index (χ2v) is 4.13. The maximum absolute atomic E-state index is 6.04. The second kappa shape index (κ2) is 5.10. The Labute approximate surface area is 105 Å². The van der Waals surface area contributed by atoms with E-state index in [1.165, 1.54) is 0 Å². The minimum atomic E-state index is 0.599. The summed E-state index contributed by atoms with van der Waals surface area (Å²) in [7, 11) is 1.60. The summed E-state index contributed by atoms with van der Waals surface area (Å²) in [6.07, 6.45) is 1.81. The van der Waals surface area contributed by atoms with Gasteiger partial charge in [0.2, 0.25) is 0 Å². The van der Waals surface area contributed by atoms with E-state index in [4.69, 9.17) is 16.3 Å². The van der Waals surface area contributed by atoms with Crippen molar-refractivity contribution in [3.05, 3.63) is 40.7 Å². The van der Waals surface area contributed by atoms with Crippen LogP contribution in [-0.2, 0) is 6.54 Å². The molecule has 0 amide bonds. The van der Waals surface area contributed by atoms with Crippen molar-refractivity contribution in [2.75, 3.05) is 12.4 Å². The van der Waals surface area contributed by atoms with Gasteiger partial charge in [0.1, 0.15) is 5.75 Å². The third-order valence-corrected chi connectivity index (χ3v) is 2.86. The maximum Gasteiger partial charge on any atom is 0.137 e. The van der Waals surface area contributed by atoms with Gasteiger partial charge in [0, 0.05) is 23.5 Å². The lowest BCUT2D eigenvalue weighted by Crippen LogP contribution is -2.00. The number of anilines is 1. The van der Waals surface area contributed by atoms with E-state index in [1.54, 1.807) is 7.11 Å². The highest BCUT2D eigenvalue weighted by Gasteiger charge is 2.03. The van der Waals surface area contributed by atoms with Gasteiger partial charge in [-0.3, -0.25) is 5.10 Å². The van der Waals surface area contributed by atoms with Crippen molar-refractivity contribution in [1.29, 1.82) is 0 Å². The van der Waals surface area contributed by atoms with Crippen molar-refractivity contribution in [1.82, 2.24) is 10.2 Å². The predicted octanol–water partition coefficient (Wildman–Crippen LogP) is 2.99. The van der Waals surface area contributed by atoms with Crippen LogP contribution < -0.4 is 10.1 Å². The SMILES string of the molecule is COc1ccc(NCc2cn[nH]c2C)cc1Cl. The van der Waals surface area contributed by atoms with Crippen LogP contribution in [0.5, 0.6) is 5.75 Å². The fourth-order valence-electron chi connectivity index (χ4n) is 1.53. The average Bonchev–Trinajstić information content (AvgIpc) is 2.72. The van der Waals surface area contributed by atoms with E-state index in [1.807, 2.05) is 31.3 Å². The third-order valence-electron chi connectivity index (χ3n) is 2.57. The Balaban J connectivity index is 2.05. The lowest BCUT2D eigenvalue weighted by atomic mass is 10.2. The maximum atomic E-state index is 6.04. The molecule has 1 aromatic heterocycles. The number of rotatable bonds is 4. The molecule has 2 aromatic rings. The Morgan fingerprint density at radius 1 is 1.47 bits per heavy atom. The number of aromatic nitrogens is 2. The lowest BCUT2D eigenvalue weighted by molar-refractivity contribution is 0.415. The number of hydrogen-bond donors (Lipinski definition) is 2. The van der Waals surface area contributed by atoms with E-state index in [9.17, 15) is 0 Å². The molecule has 0 saturated carbocycles. The number of hydrogen-bond acceptors (Lipinski definition) is 3. The molecule has 90 valence electrons. The van der Waals surface area contributed by atoms with E-state index in [-0.39, 0.29) is 0 Å². The van der Waals surface area contributed by atoms with Crippen LogP contribution in [0.1, 0.15) is 11.3 Å². The molecule has 1 heterocycles. The number of halogens is 1. The van der Waals surface area contributed by atoms with Crippen LogP contribution in [0.2, 0.25) is 5.02 Å². The average molecular weight is 252 g/mol. The highest BCUT2D eigenvalue weighted by molar-refractivity contribution is 6.32. The minimum Gasteiger partial charge on any atom is -0.495 e. The first-order valence-corrected chi connectivity index (χ1v) is 5.64. The van der Waals surface area contributed by atoms with Crippen LogP contribution in [-0.4, -0.2) is 17.3 Å². The number of ether oxygens (including phenoxy) is 1. The van der Waals surface area contributed by atoms with Gasteiger partial charge >= 0.3 is 0 Å². The molecular weight excluding hydrogens is 238 g/mol. The van der Waals surface area contributed by atoms with Crippen LogP contribution >= 0.6 is 11.6 Å². The van der Waals surface area contributed by atoms with Crippen molar-refractivity contribution in [3.63, 3.8) is 0 Å². The van der Waals surface area contributed by atoms with Crippen molar-refractivity contribution in [2.45, 2.75) is 13.5 Å². The number of H-pyrrole nitrogens is 1. The largest absolute Gasteiger partial charge is 0.495 e. The molecule has 0 unspecified atom stereocenters. The third kappa shape index (κ3) is 2.71. The molecule has 0 aliphatic carbocycles. The Morgan fingerprint density at radius 2 is 2.29 bits per heavy atom. The molecule has 1 aromatic carbocycles. The monoisotopic (exact) mass is 251 g/mol. The molecule has 2 rings (SSSR count). The van der Waals surface area contributed by atoms with Gasteiger partial charge in [-0.25, -0.2) is 0 Å². The van der Waals surface area contributed by atoms with Crippen LogP contribution in [0.3, 0.4) is 0 Å². The van der Waals surface area contributed by atoms with Gasteiger partial charge in [0.25, 0.3) is 0 Å². The standard InChI is InChI=1S/C12H14ClN3O/c1-8-9(7-15-16-8)6-14-10-3-4-12(17-2)11(13)5-10/h3-5,7,14H,6H2,1-2H3,(H,15,16). The molecule has 0 aliphatic heterocycles. The van der Waals surface area contributed by atoms with Gasteiger partial charge in [-0.1, -0.05) is 11.6 Å². The van der Waals surface area contributed by atoms with Gasteiger partial charge in [0.05, 0.1) is 18.3 Å². The van der Waals surface area contributed by atoms with Crippen molar-refractivity contribution in [2.24, 2.45) is 0 Å². The summed E-state index contributed by atoms with van der Waals surface area (Å²) in [6.45, 7) is 2.70. The minimum absolute atomic E-state index is 0.599. The molecule has 17 heavy (non-hydrogen) atoms. The van der Waals surface area contributed by atoms with E-state index >= 15 is 0 Å². The summed E-state index contributed by atoms with van der Waals surface area (Å²) >= 11 is 6.04. The Kier molecular flexibility index (Phi) is 3.54. The molecule has 0 atom stereocenters. The normalized spacial score (nSPS) is 10.3. The van der Waals surface area contributed by atoms with Gasteiger partial charge < -0.3 is 10.1 Å². The van der Waals surface area contributed by atoms with Gasteiger partial charge in [0.15, 0.2) is 0 Å². The molecule has 0 radical (unpaired) electrons. The zero-order chi connectivity index (χ0) is 12.3. The molecule has 2 N–H and O–H groups in total. The summed E-state index contributed by atoms with van der Waals surface area (Å²) in [5, 5.41) is 10.7. The van der Waals surface area contributed by atoms with Gasteiger partial charge in [-0.05, 0) is 25.1 Å². The molecule has 0 spiro atoms. The summed E-state index contributed by atoms with van der Waals surface area (Å²) in [6, 6.07) is 5.61. The van der Waals surface area contributed by atoms with Crippen LogP contribution in [0.15, 0.2) is 24.4 Å². The molecule has 0 bridgehead atoms. The number of nitrogens with zero attached hydrogens (tertiary/aromatic N) is 1. The second-order valence-electron chi connectivity index (χ2n) is 3.72. The van der Waals surface area contributed by atoms with Crippen molar-refractivity contribution in [3.8, 4) is 5.75 Å². The zero-order valence-electron chi connectivity index (χ0n) is 9.75. The van der Waals surface area contributed by atoms with E-state index in [2.05, 4.69) is 15.5 Å². The number of aromatic amines is 1. The first-order valence-electron chi connectivity index (χ1n) is 5.27. The number of aryl methyl sites for hydroxylation is 1. The van der Waals surface area contributed by atoms with Crippen LogP contribution in [0.4, 0.5) is 5.69 Å². The number of methoxy groups -OCH3 is 1. The fraction of sp³-hybridized carbons (Fsp3) is 0.250. The highest BCUT2D eigenvalue weighted by atomic mass is 35.5. The summed E-state index contributed by atoms with van der Waals surface area (Å²) in [5.41, 5.74) is 3.16. The van der Waals surface area contributed by atoms with Crippen LogP contribution in [0, 0.1) is 6.92 Å². The first kappa shape index (κ1) is 11.8. The van der Waals surface area contributed by atoms with Crippen molar-refractivity contribution >= 4 is 17.3 Å². The summed E-state index contributed by atoms with van der Waals surface area (Å²) < 4.78 is 5.09.